The second-order valence-corrected chi connectivity index (χ2v) is 9.49. The van der Waals surface area contributed by atoms with Crippen molar-refractivity contribution in [3.63, 3.8) is 0 Å². The SMILES string of the molecule is CC(C)Cn1cnc(S(=O)(=O)N2C3C=C(c4ccccc4)CC2CC3)c1. The van der Waals surface area contributed by atoms with Gasteiger partial charge in [0.1, 0.15) is 0 Å². The van der Waals surface area contributed by atoms with Crippen LogP contribution in [0.25, 0.3) is 5.57 Å². The van der Waals surface area contributed by atoms with Gasteiger partial charge in [0.2, 0.25) is 0 Å². The fourth-order valence-corrected chi connectivity index (χ4v) is 5.89. The van der Waals surface area contributed by atoms with Crippen molar-refractivity contribution >= 4 is 15.6 Å². The summed E-state index contributed by atoms with van der Waals surface area (Å²) < 4.78 is 30.0. The van der Waals surface area contributed by atoms with Crippen molar-refractivity contribution in [3.8, 4) is 0 Å². The number of fused-ring (bicyclic) bond motifs is 2. The van der Waals surface area contributed by atoms with Crippen molar-refractivity contribution in [2.75, 3.05) is 0 Å². The second kappa shape index (κ2) is 6.67. The Balaban J connectivity index is 1.62. The Bertz CT molecular complexity index is 916. The first-order valence-corrected chi connectivity index (χ1v) is 10.7. The molecular formula is C20H25N3O2S. The monoisotopic (exact) mass is 371 g/mol. The molecule has 2 aliphatic heterocycles. The quantitative estimate of drug-likeness (QED) is 0.808. The molecule has 2 bridgehead atoms. The molecule has 4 rings (SSSR count). The van der Waals surface area contributed by atoms with Crippen LogP contribution in [0.15, 0.2) is 54.0 Å². The lowest BCUT2D eigenvalue weighted by Crippen LogP contribution is -2.42. The zero-order valence-corrected chi connectivity index (χ0v) is 16.1. The van der Waals surface area contributed by atoms with Crippen LogP contribution in [0.3, 0.4) is 0 Å². The highest BCUT2D eigenvalue weighted by molar-refractivity contribution is 7.89. The van der Waals surface area contributed by atoms with E-state index in [1.807, 2.05) is 22.8 Å². The molecule has 1 aromatic carbocycles. The van der Waals surface area contributed by atoms with Crippen LogP contribution in [0.5, 0.6) is 0 Å². The van der Waals surface area contributed by atoms with Gasteiger partial charge < -0.3 is 4.57 Å². The number of benzene rings is 1. The summed E-state index contributed by atoms with van der Waals surface area (Å²) in [5.41, 5.74) is 2.46. The van der Waals surface area contributed by atoms with E-state index in [0.717, 1.165) is 25.8 Å². The van der Waals surface area contributed by atoms with E-state index < -0.39 is 10.0 Å². The van der Waals surface area contributed by atoms with Gasteiger partial charge in [0.05, 0.1) is 6.33 Å². The van der Waals surface area contributed by atoms with Crippen LogP contribution in [0.4, 0.5) is 0 Å². The maximum absolute atomic E-state index is 13.2. The first-order valence-electron chi connectivity index (χ1n) is 9.26. The molecule has 1 fully saturated rings. The minimum atomic E-state index is -3.56. The number of rotatable bonds is 5. The van der Waals surface area contributed by atoms with Crippen LogP contribution in [-0.4, -0.2) is 34.4 Å². The molecule has 2 aromatic rings. The Morgan fingerprint density at radius 3 is 2.65 bits per heavy atom. The summed E-state index contributed by atoms with van der Waals surface area (Å²) in [6.45, 7) is 4.98. The standard InChI is InChI=1S/C20H25N3O2S/c1-15(2)12-22-13-20(21-14-22)26(24,25)23-18-8-9-19(23)11-17(10-18)16-6-4-3-5-7-16/h3-7,10,13-15,18-19H,8-9,11-12H2,1-2H3. The molecule has 0 N–H and O–H groups in total. The van der Waals surface area contributed by atoms with E-state index in [2.05, 4.69) is 37.0 Å². The average Bonchev–Trinajstić information content (AvgIpc) is 3.18. The second-order valence-electron chi connectivity index (χ2n) is 7.70. The smallest absolute Gasteiger partial charge is 0.262 e. The van der Waals surface area contributed by atoms with Crippen LogP contribution in [0.1, 0.15) is 38.7 Å². The van der Waals surface area contributed by atoms with E-state index >= 15 is 0 Å². The molecule has 3 heterocycles. The zero-order valence-electron chi connectivity index (χ0n) is 15.2. The van der Waals surface area contributed by atoms with E-state index in [1.165, 1.54) is 11.1 Å². The molecule has 0 aliphatic carbocycles. The van der Waals surface area contributed by atoms with Gasteiger partial charge in [-0.2, -0.15) is 4.31 Å². The molecule has 0 amide bonds. The first kappa shape index (κ1) is 17.5. The number of imidazole rings is 1. The molecule has 1 aromatic heterocycles. The number of aromatic nitrogens is 2. The molecule has 26 heavy (non-hydrogen) atoms. The minimum Gasteiger partial charge on any atom is -0.336 e. The predicted molar refractivity (Wildman–Crippen MR) is 102 cm³/mol. The van der Waals surface area contributed by atoms with E-state index in [9.17, 15) is 8.42 Å². The third-order valence-electron chi connectivity index (χ3n) is 5.20. The third kappa shape index (κ3) is 3.12. The summed E-state index contributed by atoms with van der Waals surface area (Å²) >= 11 is 0. The van der Waals surface area contributed by atoms with Crippen molar-refractivity contribution in [1.82, 2.24) is 13.9 Å². The molecule has 2 aliphatic rings. The summed E-state index contributed by atoms with van der Waals surface area (Å²) in [5, 5.41) is 0.173. The fourth-order valence-electron chi connectivity index (χ4n) is 4.13. The number of sulfonamides is 1. The number of nitrogens with zero attached hydrogens (tertiary/aromatic N) is 3. The van der Waals surface area contributed by atoms with Crippen molar-refractivity contribution < 1.29 is 8.42 Å². The number of hydrogen-bond donors (Lipinski definition) is 0. The molecule has 2 atom stereocenters. The van der Waals surface area contributed by atoms with Crippen LogP contribution < -0.4 is 0 Å². The van der Waals surface area contributed by atoms with Gasteiger partial charge in [-0.15, -0.1) is 0 Å². The predicted octanol–water partition coefficient (Wildman–Crippen LogP) is 3.55. The van der Waals surface area contributed by atoms with E-state index in [4.69, 9.17) is 0 Å². The lowest BCUT2D eigenvalue weighted by Gasteiger charge is -2.32. The summed E-state index contributed by atoms with van der Waals surface area (Å²) in [7, 11) is -3.56. The summed E-state index contributed by atoms with van der Waals surface area (Å²) in [6, 6.07) is 10.2. The average molecular weight is 372 g/mol. The maximum Gasteiger partial charge on any atom is 0.262 e. The van der Waals surface area contributed by atoms with Crippen LogP contribution in [-0.2, 0) is 16.6 Å². The van der Waals surface area contributed by atoms with Gasteiger partial charge in [0, 0.05) is 24.8 Å². The van der Waals surface area contributed by atoms with Crippen molar-refractivity contribution in [3.05, 3.63) is 54.5 Å². The highest BCUT2D eigenvalue weighted by Crippen LogP contribution is 2.41. The summed E-state index contributed by atoms with van der Waals surface area (Å²) in [4.78, 5) is 4.20. The highest BCUT2D eigenvalue weighted by atomic mass is 32.2. The molecule has 5 nitrogen and oxygen atoms in total. The van der Waals surface area contributed by atoms with Crippen molar-refractivity contribution in [2.24, 2.45) is 5.92 Å². The van der Waals surface area contributed by atoms with Gasteiger partial charge in [0.25, 0.3) is 10.0 Å². The van der Waals surface area contributed by atoms with Gasteiger partial charge >= 0.3 is 0 Å². The summed E-state index contributed by atoms with van der Waals surface area (Å²) in [6.07, 6.45) is 8.00. The van der Waals surface area contributed by atoms with E-state index in [-0.39, 0.29) is 17.1 Å². The Labute approximate surface area is 155 Å². The molecule has 2 unspecified atom stereocenters. The van der Waals surface area contributed by atoms with Gasteiger partial charge in [-0.1, -0.05) is 50.3 Å². The molecule has 1 saturated heterocycles. The molecule has 138 valence electrons. The van der Waals surface area contributed by atoms with Gasteiger partial charge in [0.15, 0.2) is 5.03 Å². The zero-order chi connectivity index (χ0) is 18.3. The molecule has 0 spiro atoms. The van der Waals surface area contributed by atoms with Crippen LogP contribution in [0.2, 0.25) is 0 Å². The normalized spacial score (nSPS) is 23.4. The summed E-state index contributed by atoms with van der Waals surface area (Å²) in [5.74, 6) is 0.447. The number of hydrogen-bond acceptors (Lipinski definition) is 3. The van der Waals surface area contributed by atoms with Crippen molar-refractivity contribution in [2.45, 2.75) is 56.8 Å². The fraction of sp³-hybridized carbons (Fsp3) is 0.450. The first-order chi connectivity index (χ1) is 12.4. The van der Waals surface area contributed by atoms with Gasteiger partial charge in [-0.25, -0.2) is 13.4 Å². The Morgan fingerprint density at radius 2 is 1.96 bits per heavy atom. The Morgan fingerprint density at radius 1 is 1.19 bits per heavy atom. The van der Waals surface area contributed by atoms with Crippen molar-refractivity contribution in [1.29, 1.82) is 0 Å². The molecule has 0 radical (unpaired) electrons. The minimum absolute atomic E-state index is 0.0282. The molecule has 0 saturated carbocycles. The Kier molecular flexibility index (Phi) is 4.49. The highest BCUT2D eigenvalue weighted by Gasteiger charge is 2.45. The lowest BCUT2D eigenvalue weighted by atomic mass is 9.96. The van der Waals surface area contributed by atoms with Gasteiger partial charge in [-0.05, 0) is 36.3 Å². The van der Waals surface area contributed by atoms with Crippen LogP contribution >= 0.6 is 0 Å². The van der Waals surface area contributed by atoms with Gasteiger partial charge in [-0.3, -0.25) is 0 Å². The lowest BCUT2D eigenvalue weighted by molar-refractivity contribution is 0.344. The van der Waals surface area contributed by atoms with E-state index in [1.54, 1.807) is 16.8 Å². The Hall–Kier alpha value is -1.92. The molecule has 6 heteroatoms. The van der Waals surface area contributed by atoms with Crippen LogP contribution in [0, 0.1) is 5.92 Å². The topological polar surface area (TPSA) is 55.2 Å². The molecular weight excluding hydrogens is 346 g/mol. The third-order valence-corrected chi connectivity index (χ3v) is 7.07. The largest absolute Gasteiger partial charge is 0.336 e. The van der Waals surface area contributed by atoms with E-state index in [0.29, 0.717) is 5.92 Å². The maximum atomic E-state index is 13.2.